The van der Waals surface area contributed by atoms with Crippen LogP contribution in [0.2, 0.25) is 0 Å². The van der Waals surface area contributed by atoms with Gasteiger partial charge in [0, 0.05) is 13.1 Å². The first kappa shape index (κ1) is 20.0. The minimum absolute atomic E-state index is 0.0951. The van der Waals surface area contributed by atoms with Crippen molar-refractivity contribution >= 4 is 44.8 Å². The standard InChI is InChI=1S/C19H15BrFN3O3S/c1-24(19(26)15-7-8-16(20)28-15)11-17(25)23-13-4-9-18(22-10-13)27-14-5-2-12(21)3-6-14/h2-10H,11H2,1H3,(H,23,25). The van der Waals surface area contributed by atoms with Gasteiger partial charge in [-0.3, -0.25) is 9.59 Å². The van der Waals surface area contributed by atoms with Crippen LogP contribution in [0.25, 0.3) is 0 Å². The summed E-state index contributed by atoms with van der Waals surface area (Å²) >= 11 is 4.62. The molecule has 0 aliphatic heterocycles. The number of halogens is 2. The SMILES string of the molecule is CN(CC(=O)Nc1ccc(Oc2ccc(F)cc2)nc1)C(=O)c1ccc(Br)s1. The van der Waals surface area contributed by atoms with Crippen LogP contribution in [0.5, 0.6) is 11.6 Å². The van der Waals surface area contributed by atoms with E-state index in [1.807, 2.05) is 0 Å². The summed E-state index contributed by atoms with van der Waals surface area (Å²) in [5, 5.41) is 2.68. The molecular weight excluding hydrogens is 449 g/mol. The molecule has 1 aromatic carbocycles. The maximum Gasteiger partial charge on any atom is 0.264 e. The molecule has 0 fully saturated rings. The first-order valence-corrected chi connectivity index (χ1v) is 9.72. The molecule has 28 heavy (non-hydrogen) atoms. The molecule has 0 saturated heterocycles. The lowest BCUT2D eigenvalue weighted by molar-refractivity contribution is -0.116. The molecule has 6 nitrogen and oxygen atoms in total. The number of rotatable bonds is 6. The highest BCUT2D eigenvalue weighted by Gasteiger charge is 2.16. The van der Waals surface area contributed by atoms with E-state index in [0.717, 1.165) is 3.79 Å². The van der Waals surface area contributed by atoms with Crippen LogP contribution in [0.1, 0.15) is 9.67 Å². The molecule has 3 rings (SSSR count). The van der Waals surface area contributed by atoms with E-state index in [1.165, 1.54) is 46.7 Å². The van der Waals surface area contributed by atoms with Gasteiger partial charge in [0.15, 0.2) is 0 Å². The molecule has 2 aromatic heterocycles. The first-order valence-electron chi connectivity index (χ1n) is 8.11. The maximum absolute atomic E-state index is 12.9. The quantitative estimate of drug-likeness (QED) is 0.581. The highest BCUT2D eigenvalue weighted by molar-refractivity contribution is 9.11. The zero-order valence-electron chi connectivity index (χ0n) is 14.7. The summed E-state index contributed by atoms with van der Waals surface area (Å²) in [6, 6.07) is 12.3. The number of nitrogens with zero attached hydrogens (tertiary/aromatic N) is 2. The molecule has 2 heterocycles. The Morgan fingerprint density at radius 2 is 1.93 bits per heavy atom. The predicted octanol–water partition coefficient (Wildman–Crippen LogP) is 4.55. The molecule has 0 bridgehead atoms. The molecule has 1 N–H and O–H groups in total. The molecule has 0 spiro atoms. The first-order chi connectivity index (χ1) is 13.4. The molecular formula is C19H15BrFN3O3S. The van der Waals surface area contributed by atoms with Crippen molar-refractivity contribution in [2.45, 2.75) is 0 Å². The summed E-state index contributed by atoms with van der Waals surface area (Å²) < 4.78 is 19.2. The lowest BCUT2D eigenvalue weighted by Gasteiger charge is -2.15. The van der Waals surface area contributed by atoms with Crippen molar-refractivity contribution in [3.63, 3.8) is 0 Å². The van der Waals surface area contributed by atoms with Crippen LogP contribution < -0.4 is 10.1 Å². The molecule has 0 aliphatic carbocycles. The number of carbonyl (C=O) groups is 2. The highest BCUT2D eigenvalue weighted by Crippen LogP contribution is 2.23. The summed E-state index contributed by atoms with van der Waals surface area (Å²) in [5.74, 6) is -0.174. The second-order valence-corrected chi connectivity index (χ2v) is 8.22. The Hall–Kier alpha value is -2.78. The number of benzene rings is 1. The average molecular weight is 464 g/mol. The number of carbonyl (C=O) groups excluding carboxylic acids is 2. The van der Waals surface area contributed by atoms with Gasteiger partial charge in [-0.15, -0.1) is 11.3 Å². The third kappa shape index (κ3) is 5.37. The summed E-state index contributed by atoms with van der Waals surface area (Å²) in [7, 11) is 1.56. The number of aromatic nitrogens is 1. The third-order valence-corrected chi connectivity index (χ3v) is 5.18. The highest BCUT2D eigenvalue weighted by atomic mass is 79.9. The van der Waals surface area contributed by atoms with Crippen LogP contribution in [-0.4, -0.2) is 35.3 Å². The normalized spacial score (nSPS) is 10.4. The lowest BCUT2D eigenvalue weighted by Crippen LogP contribution is -2.34. The number of thiophene rings is 1. The van der Waals surface area contributed by atoms with Gasteiger partial charge in [-0.25, -0.2) is 9.37 Å². The molecule has 0 aliphatic rings. The molecule has 0 saturated carbocycles. The van der Waals surface area contributed by atoms with E-state index in [1.54, 1.807) is 31.3 Å². The number of hydrogen-bond acceptors (Lipinski definition) is 5. The van der Waals surface area contributed by atoms with Gasteiger partial charge in [0.1, 0.15) is 11.6 Å². The van der Waals surface area contributed by atoms with Gasteiger partial charge in [-0.05, 0) is 58.4 Å². The van der Waals surface area contributed by atoms with Crippen LogP contribution in [-0.2, 0) is 4.79 Å². The molecule has 0 unspecified atom stereocenters. The zero-order valence-corrected chi connectivity index (χ0v) is 17.1. The van der Waals surface area contributed by atoms with Crippen molar-refractivity contribution in [2.24, 2.45) is 0 Å². The Bertz CT molecular complexity index is 977. The van der Waals surface area contributed by atoms with Crippen molar-refractivity contribution in [3.05, 3.63) is 69.2 Å². The Balaban J connectivity index is 1.53. The number of amides is 2. The van der Waals surface area contributed by atoms with Gasteiger partial charge in [-0.2, -0.15) is 0 Å². The molecule has 2 amide bonds. The second-order valence-electron chi connectivity index (χ2n) is 5.75. The van der Waals surface area contributed by atoms with Crippen LogP contribution in [0.3, 0.4) is 0 Å². The fourth-order valence-electron chi connectivity index (χ4n) is 2.24. The molecule has 0 radical (unpaired) electrons. The second kappa shape index (κ2) is 8.94. The van der Waals surface area contributed by atoms with Crippen LogP contribution in [0.15, 0.2) is 58.5 Å². The Labute approximate surface area is 173 Å². The van der Waals surface area contributed by atoms with E-state index >= 15 is 0 Å². The summed E-state index contributed by atoms with van der Waals surface area (Å²) in [4.78, 5) is 30.4. The van der Waals surface area contributed by atoms with Gasteiger partial charge >= 0.3 is 0 Å². The van der Waals surface area contributed by atoms with Crippen molar-refractivity contribution < 1.29 is 18.7 Å². The van der Waals surface area contributed by atoms with E-state index in [0.29, 0.717) is 22.2 Å². The lowest BCUT2D eigenvalue weighted by atomic mass is 10.3. The summed E-state index contributed by atoms with van der Waals surface area (Å²) in [5.41, 5.74) is 0.469. The topological polar surface area (TPSA) is 71.5 Å². The van der Waals surface area contributed by atoms with E-state index < -0.39 is 0 Å². The van der Waals surface area contributed by atoms with E-state index in [-0.39, 0.29) is 24.2 Å². The number of ether oxygens (including phenoxy) is 1. The largest absolute Gasteiger partial charge is 0.439 e. The van der Waals surface area contributed by atoms with Crippen molar-refractivity contribution in [3.8, 4) is 11.6 Å². The number of anilines is 1. The van der Waals surface area contributed by atoms with Crippen molar-refractivity contribution in [2.75, 3.05) is 18.9 Å². The van der Waals surface area contributed by atoms with Crippen molar-refractivity contribution in [1.82, 2.24) is 9.88 Å². The van der Waals surface area contributed by atoms with Gasteiger partial charge in [0.25, 0.3) is 5.91 Å². The monoisotopic (exact) mass is 463 g/mol. The molecule has 9 heteroatoms. The van der Waals surface area contributed by atoms with Crippen LogP contribution in [0.4, 0.5) is 10.1 Å². The Morgan fingerprint density at radius 1 is 1.18 bits per heavy atom. The number of likely N-dealkylation sites (N-methyl/N-ethyl adjacent to an activating group) is 1. The smallest absolute Gasteiger partial charge is 0.264 e. The van der Waals surface area contributed by atoms with Gasteiger partial charge in [0.2, 0.25) is 11.8 Å². The Kier molecular flexibility index (Phi) is 6.37. The predicted molar refractivity (Wildman–Crippen MR) is 108 cm³/mol. The average Bonchev–Trinajstić information content (AvgIpc) is 3.10. The minimum Gasteiger partial charge on any atom is -0.439 e. The van der Waals surface area contributed by atoms with E-state index in [9.17, 15) is 14.0 Å². The maximum atomic E-state index is 12.9. The van der Waals surface area contributed by atoms with Crippen LogP contribution >= 0.6 is 27.3 Å². The van der Waals surface area contributed by atoms with Crippen molar-refractivity contribution in [1.29, 1.82) is 0 Å². The molecule has 144 valence electrons. The number of hydrogen-bond donors (Lipinski definition) is 1. The zero-order chi connectivity index (χ0) is 20.1. The van der Waals surface area contributed by atoms with E-state index in [4.69, 9.17) is 4.74 Å². The van der Waals surface area contributed by atoms with E-state index in [2.05, 4.69) is 26.2 Å². The number of pyridine rings is 1. The number of nitrogens with one attached hydrogen (secondary N) is 1. The summed E-state index contributed by atoms with van der Waals surface area (Å²) in [6.07, 6.45) is 1.44. The molecule has 0 atom stereocenters. The fourth-order valence-corrected chi connectivity index (χ4v) is 3.62. The van der Waals surface area contributed by atoms with Gasteiger partial charge in [0.05, 0.1) is 27.1 Å². The van der Waals surface area contributed by atoms with Gasteiger partial charge < -0.3 is 15.0 Å². The van der Waals surface area contributed by atoms with Gasteiger partial charge in [-0.1, -0.05) is 0 Å². The molecule has 3 aromatic rings. The third-order valence-electron chi connectivity index (χ3n) is 3.57. The Morgan fingerprint density at radius 3 is 2.54 bits per heavy atom. The summed E-state index contributed by atoms with van der Waals surface area (Å²) in [6.45, 7) is -0.0951. The van der Waals surface area contributed by atoms with Crippen LogP contribution in [0, 0.1) is 5.82 Å². The fraction of sp³-hybridized carbons (Fsp3) is 0.105. The minimum atomic E-state index is -0.353.